The van der Waals surface area contributed by atoms with E-state index in [4.69, 9.17) is 4.74 Å². The number of nitro groups is 1. The van der Waals surface area contributed by atoms with Gasteiger partial charge in [-0.3, -0.25) is 19.7 Å². The van der Waals surface area contributed by atoms with Gasteiger partial charge in [0.15, 0.2) is 12.4 Å². The fourth-order valence-electron chi connectivity index (χ4n) is 2.75. The van der Waals surface area contributed by atoms with Crippen molar-refractivity contribution in [3.8, 4) is 5.75 Å². The van der Waals surface area contributed by atoms with Crippen LogP contribution in [0.3, 0.4) is 0 Å². The van der Waals surface area contributed by atoms with Crippen LogP contribution in [0.15, 0.2) is 72.8 Å². The molecule has 170 valence electrons. The van der Waals surface area contributed by atoms with Crippen LogP contribution in [0.25, 0.3) is 0 Å². The van der Waals surface area contributed by atoms with Gasteiger partial charge in [-0.2, -0.15) is 13.2 Å². The quantitative estimate of drug-likeness (QED) is 0.386. The number of carbonyl (C=O) groups excluding carboxylic acids is 2. The van der Waals surface area contributed by atoms with Crippen LogP contribution < -0.4 is 15.4 Å². The fraction of sp³-hybridized carbons (Fsp3) is 0.0909. The van der Waals surface area contributed by atoms with Crippen LogP contribution in [0.4, 0.5) is 30.2 Å². The first-order valence-electron chi connectivity index (χ1n) is 9.38. The zero-order valence-electron chi connectivity index (χ0n) is 16.8. The Bertz CT molecular complexity index is 1180. The molecule has 33 heavy (non-hydrogen) atoms. The Morgan fingerprint density at radius 3 is 2.27 bits per heavy atom. The van der Waals surface area contributed by atoms with Gasteiger partial charge in [0.1, 0.15) is 0 Å². The summed E-state index contributed by atoms with van der Waals surface area (Å²) in [6.45, 7) is -0.483. The van der Waals surface area contributed by atoms with E-state index in [0.717, 1.165) is 12.1 Å². The summed E-state index contributed by atoms with van der Waals surface area (Å²) in [5.74, 6) is -1.28. The largest absolute Gasteiger partial charge is 0.477 e. The zero-order valence-corrected chi connectivity index (χ0v) is 16.8. The molecule has 11 heteroatoms. The van der Waals surface area contributed by atoms with Gasteiger partial charge in [0.25, 0.3) is 11.8 Å². The van der Waals surface area contributed by atoms with Gasteiger partial charge in [0.2, 0.25) is 0 Å². The highest BCUT2D eigenvalue weighted by atomic mass is 19.4. The number of nitro benzene ring substituents is 1. The van der Waals surface area contributed by atoms with Gasteiger partial charge in [-0.1, -0.05) is 18.2 Å². The number of hydrogen-bond acceptors (Lipinski definition) is 5. The van der Waals surface area contributed by atoms with E-state index < -0.39 is 35.1 Å². The summed E-state index contributed by atoms with van der Waals surface area (Å²) in [7, 11) is 0. The number of para-hydroxylation sites is 2. The van der Waals surface area contributed by atoms with Gasteiger partial charge in [0.05, 0.1) is 10.5 Å². The Kier molecular flexibility index (Phi) is 6.91. The van der Waals surface area contributed by atoms with Crippen molar-refractivity contribution in [1.29, 1.82) is 0 Å². The molecule has 0 atom stereocenters. The Morgan fingerprint density at radius 1 is 0.909 bits per heavy atom. The van der Waals surface area contributed by atoms with Crippen LogP contribution in [-0.2, 0) is 11.0 Å². The van der Waals surface area contributed by atoms with Crippen molar-refractivity contribution in [3.05, 3.63) is 94.0 Å². The first kappa shape index (κ1) is 23.3. The minimum Gasteiger partial charge on any atom is -0.477 e. The highest BCUT2D eigenvalue weighted by Crippen LogP contribution is 2.31. The van der Waals surface area contributed by atoms with Gasteiger partial charge >= 0.3 is 11.9 Å². The van der Waals surface area contributed by atoms with Gasteiger partial charge in [-0.25, -0.2) is 0 Å². The van der Waals surface area contributed by atoms with Gasteiger partial charge < -0.3 is 15.4 Å². The lowest BCUT2D eigenvalue weighted by atomic mass is 10.1. The van der Waals surface area contributed by atoms with Crippen molar-refractivity contribution < 1.29 is 32.4 Å². The molecule has 2 N–H and O–H groups in total. The first-order chi connectivity index (χ1) is 15.6. The van der Waals surface area contributed by atoms with Crippen LogP contribution in [-0.4, -0.2) is 23.3 Å². The van der Waals surface area contributed by atoms with Crippen LogP contribution in [0, 0.1) is 10.1 Å². The minimum absolute atomic E-state index is 0.0145. The number of nitrogens with one attached hydrogen (secondary N) is 2. The SMILES string of the molecule is O=C(COc1ccccc1[N+](=O)[O-])Nc1ccc(C(=O)Nc2cccc(C(F)(F)F)c2)cc1. The molecule has 0 saturated carbocycles. The predicted molar refractivity (Wildman–Crippen MR) is 113 cm³/mol. The van der Waals surface area contributed by atoms with Crippen LogP contribution >= 0.6 is 0 Å². The molecule has 2 amide bonds. The number of nitrogens with zero attached hydrogens (tertiary/aromatic N) is 1. The van der Waals surface area contributed by atoms with Crippen LogP contribution in [0.1, 0.15) is 15.9 Å². The second-order valence-electron chi connectivity index (χ2n) is 6.67. The van der Waals surface area contributed by atoms with E-state index in [1.807, 2.05) is 0 Å². The van der Waals surface area contributed by atoms with Crippen LogP contribution in [0.5, 0.6) is 5.75 Å². The number of anilines is 2. The molecule has 0 aliphatic heterocycles. The molecule has 0 unspecified atom stereocenters. The lowest BCUT2D eigenvalue weighted by Gasteiger charge is -2.10. The number of hydrogen-bond donors (Lipinski definition) is 2. The van der Waals surface area contributed by atoms with Gasteiger partial charge in [-0.15, -0.1) is 0 Å². The first-order valence-corrected chi connectivity index (χ1v) is 9.38. The van der Waals surface area contributed by atoms with E-state index in [2.05, 4.69) is 10.6 Å². The molecule has 8 nitrogen and oxygen atoms in total. The summed E-state index contributed by atoms with van der Waals surface area (Å²) in [6, 6.07) is 15.4. The molecular formula is C22H16F3N3O5. The molecule has 0 fully saturated rings. The van der Waals surface area contributed by atoms with E-state index >= 15 is 0 Å². The van der Waals surface area contributed by atoms with E-state index in [-0.39, 0.29) is 22.7 Å². The third kappa shape index (κ3) is 6.29. The standard InChI is InChI=1S/C22H16F3N3O5/c23-22(24,25)15-4-3-5-17(12-15)27-21(30)14-8-10-16(11-9-14)26-20(29)13-33-19-7-2-1-6-18(19)28(31)32/h1-12H,13H2,(H,26,29)(H,27,30). The molecule has 3 rings (SSSR count). The molecule has 0 heterocycles. The smallest absolute Gasteiger partial charge is 0.416 e. The molecule has 0 bridgehead atoms. The van der Waals surface area contributed by atoms with E-state index in [1.54, 1.807) is 0 Å². The number of amides is 2. The van der Waals surface area contributed by atoms with Crippen molar-refractivity contribution >= 4 is 28.9 Å². The number of alkyl halides is 3. The minimum atomic E-state index is -4.53. The molecule has 0 aliphatic carbocycles. The number of halogens is 3. The van der Waals surface area contributed by atoms with Crippen LogP contribution in [0.2, 0.25) is 0 Å². The van der Waals surface area contributed by atoms with Crippen molar-refractivity contribution in [2.45, 2.75) is 6.18 Å². The predicted octanol–water partition coefficient (Wildman–Crippen LogP) is 4.88. The second kappa shape index (κ2) is 9.81. The number of ether oxygens (including phenoxy) is 1. The Balaban J connectivity index is 1.57. The topological polar surface area (TPSA) is 111 Å². The number of benzene rings is 3. The van der Waals surface area contributed by atoms with Crippen molar-refractivity contribution in [2.24, 2.45) is 0 Å². The Hall–Kier alpha value is -4.41. The molecular weight excluding hydrogens is 443 g/mol. The van der Waals surface area contributed by atoms with Gasteiger partial charge in [-0.05, 0) is 48.5 Å². The molecule has 0 aromatic heterocycles. The summed E-state index contributed by atoms with van der Waals surface area (Å²) in [6.07, 6.45) is -4.53. The summed E-state index contributed by atoms with van der Waals surface area (Å²) >= 11 is 0. The normalized spacial score (nSPS) is 10.9. The Morgan fingerprint density at radius 2 is 1.61 bits per heavy atom. The number of carbonyl (C=O) groups is 2. The van der Waals surface area contributed by atoms with E-state index in [0.29, 0.717) is 5.69 Å². The molecule has 0 radical (unpaired) electrons. The van der Waals surface area contributed by atoms with E-state index in [1.165, 1.54) is 60.7 Å². The highest BCUT2D eigenvalue weighted by Gasteiger charge is 2.30. The third-order valence-electron chi connectivity index (χ3n) is 4.30. The number of rotatable bonds is 7. The molecule has 0 aliphatic rings. The fourth-order valence-corrected chi connectivity index (χ4v) is 2.75. The van der Waals surface area contributed by atoms with Crippen molar-refractivity contribution in [3.63, 3.8) is 0 Å². The second-order valence-corrected chi connectivity index (χ2v) is 6.67. The zero-order chi connectivity index (χ0) is 24.0. The molecule has 0 saturated heterocycles. The average Bonchev–Trinajstić information content (AvgIpc) is 2.78. The molecule has 0 spiro atoms. The van der Waals surface area contributed by atoms with Crippen molar-refractivity contribution in [1.82, 2.24) is 0 Å². The highest BCUT2D eigenvalue weighted by molar-refractivity contribution is 6.04. The monoisotopic (exact) mass is 459 g/mol. The third-order valence-corrected chi connectivity index (χ3v) is 4.30. The summed E-state index contributed by atoms with van der Waals surface area (Å²) in [4.78, 5) is 34.7. The summed E-state index contributed by atoms with van der Waals surface area (Å²) in [5, 5.41) is 15.9. The summed E-state index contributed by atoms with van der Waals surface area (Å²) < 4.78 is 43.6. The molecule has 3 aromatic rings. The van der Waals surface area contributed by atoms with E-state index in [9.17, 15) is 32.9 Å². The maximum atomic E-state index is 12.8. The summed E-state index contributed by atoms with van der Waals surface area (Å²) in [5.41, 5.74) is -0.703. The lowest BCUT2D eigenvalue weighted by Crippen LogP contribution is -2.20. The maximum absolute atomic E-state index is 12.8. The molecule has 3 aromatic carbocycles. The van der Waals surface area contributed by atoms with Crippen molar-refractivity contribution in [2.75, 3.05) is 17.2 Å². The lowest BCUT2D eigenvalue weighted by molar-refractivity contribution is -0.385. The maximum Gasteiger partial charge on any atom is 0.416 e. The Labute approximate surface area is 185 Å². The average molecular weight is 459 g/mol. The van der Waals surface area contributed by atoms with Gasteiger partial charge in [0, 0.05) is 23.0 Å².